The number of rotatable bonds is 73. The van der Waals surface area contributed by atoms with Gasteiger partial charge in [-0.2, -0.15) is 0 Å². The van der Waals surface area contributed by atoms with Crippen molar-refractivity contribution in [3.05, 3.63) is 0 Å². The monoisotopic (exact) mass is 1340 g/mol. The van der Waals surface area contributed by atoms with Crippen molar-refractivity contribution in [1.82, 2.24) is 21.3 Å². The van der Waals surface area contributed by atoms with Crippen molar-refractivity contribution in [3.8, 4) is 0 Å². The highest BCUT2D eigenvalue weighted by Crippen LogP contribution is 2.24. The third kappa shape index (κ3) is 54.3. The zero-order chi connectivity index (χ0) is 70.2. The summed E-state index contributed by atoms with van der Waals surface area (Å²) in [6, 6.07) is 0. The molecule has 0 bridgehead atoms. The van der Waals surface area contributed by atoms with Crippen LogP contribution in [0.5, 0.6) is 0 Å². The molecule has 0 spiro atoms. The molecule has 552 valence electrons. The zero-order valence-electron chi connectivity index (χ0n) is 60.2. The lowest BCUT2D eigenvalue weighted by Crippen LogP contribution is -2.33. The summed E-state index contributed by atoms with van der Waals surface area (Å²) in [6.07, 6.45) is 33.6. The van der Waals surface area contributed by atoms with E-state index in [1.54, 1.807) is 0 Å². The molecular weight excluding hydrogens is 1200 g/mol. The lowest BCUT2D eigenvalue weighted by molar-refractivity contribution is -0.129. The van der Waals surface area contributed by atoms with Crippen molar-refractivity contribution in [2.24, 2.45) is 64.0 Å². The Morgan fingerprint density at radius 1 is 0.242 bits per heavy atom. The number of nitrogens with one attached hydrogen (secondary N) is 4. The van der Waals surface area contributed by atoms with Crippen LogP contribution >= 0.6 is 0 Å². The lowest BCUT2D eigenvalue weighted by Gasteiger charge is -2.17. The van der Waals surface area contributed by atoms with Gasteiger partial charge >= 0.3 is 0 Å². The molecule has 0 rings (SSSR count). The quantitative estimate of drug-likeness (QED) is 0.0253. The van der Waals surface area contributed by atoms with Crippen molar-refractivity contribution >= 4 is 58.3 Å². The Morgan fingerprint density at radius 2 is 0.474 bits per heavy atom. The summed E-state index contributed by atoms with van der Waals surface area (Å²) in [5.41, 5.74) is 34.0. The summed E-state index contributed by atoms with van der Waals surface area (Å²) in [7, 11) is 0. The molecule has 0 saturated carbocycles. The lowest BCUT2D eigenvalue weighted by atomic mass is 9.88. The maximum atomic E-state index is 13.9. The van der Waals surface area contributed by atoms with Crippen LogP contribution in [0.3, 0.4) is 0 Å². The average Bonchev–Trinajstić information content (AvgIpc) is 2.70. The molecule has 0 aromatic heterocycles. The summed E-state index contributed by atoms with van der Waals surface area (Å²) in [5.74, 6) is -1.73. The fourth-order valence-electron chi connectivity index (χ4n) is 12.5. The van der Waals surface area contributed by atoms with E-state index in [1.165, 1.54) is 0 Å². The van der Waals surface area contributed by atoms with Gasteiger partial charge in [0.1, 0.15) is 34.7 Å². The van der Waals surface area contributed by atoms with Crippen LogP contribution in [-0.4, -0.2) is 124 Å². The van der Waals surface area contributed by atoms with E-state index in [-0.39, 0.29) is 108 Å². The zero-order valence-corrected chi connectivity index (χ0v) is 60.2. The van der Waals surface area contributed by atoms with Gasteiger partial charge in [-0.25, -0.2) is 0 Å². The predicted molar refractivity (Wildman–Crippen MR) is 386 cm³/mol. The number of hydrogen-bond acceptors (Lipinski definition) is 16. The van der Waals surface area contributed by atoms with E-state index >= 15 is 0 Å². The van der Waals surface area contributed by atoms with Gasteiger partial charge in [0, 0.05) is 126 Å². The molecule has 0 aliphatic heterocycles. The topological polar surface area (TPSA) is 375 Å². The number of amides is 4. The second-order valence-corrected chi connectivity index (χ2v) is 27.3. The number of nitrogens with two attached hydrogens (primary N) is 6. The molecule has 5 unspecified atom stereocenters. The van der Waals surface area contributed by atoms with E-state index in [0.29, 0.717) is 187 Å². The second-order valence-electron chi connectivity index (χ2n) is 27.3. The van der Waals surface area contributed by atoms with Gasteiger partial charge < -0.3 is 55.7 Å². The summed E-state index contributed by atoms with van der Waals surface area (Å²) in [6.45, 7) is 7.46. The van der Waals surface area contributed by atoms with Gasteiger partial charge in [-0.3, -0.25) is 47.9 Å². The van der Waals surface area contributed by atoms with E-state index in [1.807, 2.05) is 0 Å². The molecule has 0 fully saturated rings. The fourth-order valence-corrected chi connectivity index (χ4v) is 12.5. The highest BCUT2D eigenvalue weighted by molar-refractivity contribution is 5.90. The minimum atomic E-state index is -0.475. The Balaban J connectivity index is 5.43. The summed E-state index contributed by atoms with van der Waals surface area (Å²) in [4.78, 5) is 132. The van der Waals surface area contributed by atoms with Gasteiger partial charge in [0.15, 0.2) is 0 Å². The van der Waals surface area contributed by atoms with Crippen LogP contribution < -0.4 is 55.7 Å². The van der Waals surface area contributed by atoms with E-state index in [2.05, 4.69) is 28.2 Å². The van der Waals surface area contributed by atoms with Crippen LogP contribution in [0, 0.1) is 29.6 Å². The van der Waals surface area contributed by atoms with E-state index < -0.39 is 11.8 Å². The minimum Gasteiger partial charge on any atom is -0.356 e. The van der Waals surface area contributed by atoms with Gasteiger partial charge in [0.25, 0.3) is 0 Å². The molecule has 0 saturated heterocycles. The number of carbonyl (C=O) groups is 10. The Kier molecular flexibility index (Phi) is 62.6. The third-order valence-electron chi connectivity index (χ3n) is 18.6. The van der Waals surface area contributed by atoms with Gasteiger partial charge in [-0.05, 0) is 174 Å². The van der Waals surface area contributed by atoms with Crippen LogP contribution in [0.1, 0.15) is 322 Å². The number of unbranched alkanes of at least 4 members (excludes halogenated alkanes) is 22. The predicted octanol–water partition coefficient (Wildman–Crippen LogP) is 10.8. The molecular formula is C75H142N10O10. The molecule has 95 heavy (non-hydrogen) atoms. The normalized spacial score (nSPS) is 13.0. The molecule has 0 radical (unpaired) electrons. The fraction of sp³-hybridized carbons (Fsp3) is 0.867. The minimum absolute atomic E-state index is 0.0284. The summed E-state index contributed by atoms with van der Waals surface area (Å²) in [5, 5.41) is 12.1. The highest BCUT2D eigenvalue weighted by atomic mass is 16.2. The Bertz CT molecular complexity index is 2010. The molecule has 20 nitrogen and oxygen atoms in total. The van der Waals surface area contributed by atoms with Crippen LogP contribution in [-0.2, 0) is 47.9 Å². The van der Waals surface area contributed by atoms with Gasteiger partial charge in [-0.15, -0.1) is 0 Å². The standard InChI is InChI=1S/C75H142N10O10/c1-2-3-4-14-35-62(69(89)43-21-8-28-49-79)58-72(92)84-54-33-13-23-45-71(91)64(37-17-10-31-52-82-73(93)59-63(36-15-5-25-46-76)70(90)44-22-9-29-50-80)60-74(94)83-53-32-11-18-41-67(87)57-65(39-16-6-26-47-77)75(95)85-55-34-12-19-40-66(86)56-61(38-24-30-51-81)68(88)42-20-7-27-48-78/h61-65H,2-60,76-81H2,1H3,(H,82,93)(H,83,94)(H,84,92)(H,85,95). The molecule has 0 aromatic carbocycles. The van der Waals surface area contributed by atoms with E-state index in [9.17, 15) is 47.9 Å². The third-order valence-corrected chi connectivity index (χ3v) is 18.6. The number of hydrogen-bond donors (Lipinski definition) is 10. The first-order valence-corrected chi connectivity index (χ1v) is 38.5. The van der Waals surface area contributed by atoms with Crippen LogP contribution in [0.25, 0.3) is 0 Å². The van der Waals surface area contributed by atoms with Crippen molar-refractivity contribution in [1.29, 1.82) is 0 Å². The van der Waals surface area contributed by atoms with Crippen molar-refractivity contribution < 1.29 is 47.9 Å². The number of ketones is 6. The Labute approximate surface area is 576 Å². The largest absolute Gasteiger partial charge is 0.356 e. The van der Waals surface area contributed by atoms with Crippen LogP contribution in [0.15, 0.2) is 0 Å². The molecule has 0 aliphatic rings. The first kappa shape index (κ1) is 90.7. The molecule has 20 heteroatoms. The van der Waals surface area contributed by atoms with Gasteiger partial charge in [-0.1, -0.05) is 116 Å². The number of Topliss-reactive ketones (excluding diaryl/α,β-unsaturated/α-hetero) is 6. The SMILES string of the molecule is CCCCCCC(CC(=O)NCCCCCC(=O)C(CCCCCNC(=O)CC(CCCCCN)C(=O)CCCCCN)CC(=O)NCCCCCC(=O)CC(CCCCCN)C(=O)NCCCCCC(=O)CC(CCCCN)C(=O)CCCCCN)C(=O)CCCCCN. The molecule has 0 heterocycles. The summed E-state index contributed by atoms with van der Waals surface area (Å²) >= 11 is 0. The van der Waals surface area contributed by atoms with Crippen molar-refractivity contribution in [2.45, 2.75) is 322 Å². The molecule has 16 N–H and O–H groups in total. The molecule has 4 amide bonds. The maximum absolute atomic E-state index is 13.9. The molecule has 5 atom stereocenters. The highest BCUT2D eigenvalue weighted by Gasteiger charge is 2.26. The number of carbonyl (C=O) groups excluding carboxylic acids is 10. The molecule has 0 aromatic rings. The molecule has 0 aliphatic carbocycles. The second kappa shape index (κ2) is 65.6. The first-order chi connectivity index (χ1) is 46.1. The van der Waals surface area contributed by atoms with Gasteiger partial charge in [0.2, 0.25) is 23.6 Å². The van der Waals surface area contributed by atoms with Gasteiger partial charge in [0.05, 0.1) is 0 Å². The summed E-state index contributed by atoms with van der Waals surface area (Å²) < 4.78 is 0. The van der Waals surface area contributed by atoms with E-state index in [0.717, 1.165) is 161 Å². The van der Waals surface area contributed by atoms with Crippen LogP contribution in [0.4, 0.5) is 0 Å². The van der Waals surface area contributed by atoms with E-state index in [4.69, 9.17) is 34.4 Å². The van der Waals surface area contributed by atoms with Crippen LogP contribution in [0.2, 0.25) is 0 Å². The average molecular weight is 1340 g/mol. The Morgan fingerprint density at radius 3 is 0.800 bits per heavy atom. The van der Waals surface area contributed by atoms with Crippen molar-refractivity contribution in [3.63, 3.8) is 0 Å². The maximum Gasteiger partial charge on any atom is 0.223 e. The Hall–Kier alpha value is -4.34. The first-order valence-electron chi connectivity index (χ1n) is 38.5. The van der Waals surface area contributed by atoms with Crippen molar-refractivity contribution in [2.75, 3.05) is 65.4 Å². The smallest absolute Gasteiger partial charge is 0.223 e.